The van der Waals surface area contributed by atoms with Crippen molar-refractivity contribution in [1.82, 2.24) is 0 Å². The molecule has 0 radical (unpaired) electrons. The van der Waals surface area contributed by atoms with Crippen molar-refractivity contribution < 1.29 is 18.1 Å². The number of primary sulfonamides is 1. The van der Waals surface area contributed by atoms with Crippen LogP contribution in [0.3, 0.4) is 0 Å². The van der Waals surface area contributed by atoms with Crippen molar-refractivity contribution in [1.29, 1.82) is 0 Å². The molecule has 1 atom stereocenters. The van der Waals surface area contributed by atoms with Gasteiger partial charge in [-0.25, -0.2) is 13.6 Å². The molecule has 1 aliphatic rings. The first kappa shape index (κ1) is 19.3. The van der Waals surface area contributed by atoms with Crippen LogP contribution in [0, 0.1) is 0 Å². The normalized spacial score (nSPS) is 16.7. The minimum atomic E-state index is -3.80. The Morgan fingerprint density at radius 2 is 1.78 bits per heavy atom. The molecule has 0 spiro atoms. The molecule has 2 aromatic carbocycles. The molecule has 27 heavy (non-hydrogen) atoms. The van der Waals surface area contributed by atoms with Crippen molar-refractivity contribution in [2.45, 2.75) is 17.9 Å². The van der Waals surface area contributed by atoms with Gasteiger partial charge >= 0.3 is 0 Å². The lowest BCUT2D eigenvalue weighted by atomic mass is 10.2. The lowest BCUT2D eigenvalue weighted by molar-refractivity contribution is -0.914. The number of anilines is 2. The highest BCUT2D eigenvalue weighted by atomic mass is 32.2. The number of hydrogen-bond acceptors (Lipinski definition) is 4. The maximum Gasteiger partial charge on any atom is 0.282 e. The summed E-state index contributed by atoms with van der Waals surface area (Å²) < 4.78 is 22.9. The SMILES string of the molecule is C[C@@H](C(=O)Nc1cccc(S(N)(=O)=O)c1)[NH+]1CCN(c2ccccc2)CC1. The zero-order valence-electron chi connectivity index (χ0n) is 15.3. The van der Waals surface area contributed by atoms with Crippen LogP contribution in [-0.4, -0.2) is 46.5 Å². The average molecular weight is 390 g/mol. The third-order valence-corrected chi connectivity index (χ3v) is 5.87. The smallest absolute Gasteiger partial charge is 0.282 e. The fourth-order valence-corrected chi connectivity index (χ4v) is 3.87. The maximum atomic E-state index is 12.6. The number of amides is 1. The van der Waals surface area contributed by atoms with Crippen LogP contribution in [0.2, 0.25) is 0 Å². The van der Waals surface area contributed by atoms with Crippen LogP contribution in [0.5, 0.6) is 0 Å². The number of carbonyl (C=O) groups is 1. The highest BCUT2D eigenvalue weighted by Gasteiger charge is 2.29. The van der Waals surface area contributed by atoms with E-state index in [1.54, 1.807) is 12.1 Å². The minimum Gasteiger partial charge on any atom is -0.360 e. The second kappa shape index (κ2) is 8.08. The van der Waals surface area contributed by atoms with Crippen molar-refractivity contribution in [2.75, 3.05) is 36.4 Å². The predicted octanol–water partition coefficient (Wildman–Crippen LogP) is 0.0661. The molecule has 4 N–H and O–H groups in total. The van der Waals surface area contributed by atoms with E-state index in [1.165, 1.54) is 22.7 Å². The topological polar surface area (TPSA) is 96.9 Å². The van der Waals surface area contributed by atoms with Gasteiger partial charge in [-0.1, -0.05) is 24.3 Å². The summed E-state index contributed by atoms with van der Waals surface area (Å²) in [5.74, 6) is -0.135. The number of nitrogens with zero attached hydrogens (tertiary/aromatic N) is 1. The van der Waals surface area contributed by atoms with Gasteiger partial charge in [-0.3, -0.25) is 4.79 Å². The third kappa shape index (κ3) is 4.85. The Hall–Kier alpha value is -2.42. The van der Waals surface area contributed by atoms with Gasteiger partial charge in [-0.15, -0.1) is 0 Å². The van der Waals surface area contributed by atoms with Crippen LogP contribution in [0.1, 0.15) is 6.92 Å². The molecule has 1 fully saturated rings. The van der Waals surface area contributed by atoms with Crippen LogP contribution in [0.25, 0.3) is 0 Å². The molecule has 2 aromatic rings. The van der Waals surface area contributed by atoms with Crippen LogP contribution in [0.4, 0.5) is 11.4 Å². The number of sulfonamides is 1. The Kier molecular flexibility index (Phi) is 5.79. The van der Waals surface area contributed by atoms with E-state index in [4.69, 9.17) is 5.14 Å². The van der Waals surface area contributed by atoms with E-state index >= 15 is 0 Å². The first-order chi connectivity index (χ1) is 12.8. The number of carbonyl (C=O) groups excluding carboxylic acids is 1. The van der Waals surface area contributed by atoms with E-state index in [9.17, 15) is 13.2 Å². The molecule has 1 amide bonds. The first-order valence-corrected chi connectivity index (χ1v) is 10.5. The van der Waals surface area contributed by atoms with Crippen molar-refractivity contribution in [2.24, 2.45) is 5.14 Å². The van der Waals surface area contributed by atoms with Gasteiger partial charge in [0.05, 0.1) is 31.1 Å². The van der Waals surface area contributed by atoms with Crippen LogP contribution >= 0.6 is 0 Å². The Bertz CT molecular complexity index is 894. The van der Waals surface area contributed by atoms with Crippen LogP contribution in [-0.2, 0) is 14.8 Å². The Morgan fingerprint density at radius 3 is 2.41 bits per heavy atom. The molecule has 1 aliphatic heterocycles. The number of benzene rings is 2. The summed E-state index contributed by atoms with van der Waals surface area (Å²) in [4.78, 5) is 16.1. The fourth-order valence-electron chi connectivity index (χ4n) is 3.31. The number of hydrogen-bond donors (Lipinski definition) is 3. The molecule has 8 heteroatoms. The fraction of sp³-hybridized carbons (Fsp3) is 0.316. The molecule has 0 unspecified atom stereocenters. The lowest BCUT2D eigenvalue weighted by Gasteiger charge is -2.36. The molecular formula is C19H25N4O3S+. The average Bonchev–Trinajstić information content (AvgIpc) is 2.68. The van der Waals surface area contributed by atoms with Crippen molar-refractivity contribution in [3.63, 3.8) is 0 Å². The number of piperazine rings is 1. The molecule has 7 nitrogen and oxygen atoms in total. The van der Waals surface area contributed by atoms with Crippen molar-refractivity contribution in [3.8, 4) is 0 Å². The molecule has 3 rings (SSSR count). The van der Waals surface area contributed by atoms with E-state index in [-0.39, 0.29) is 16.8 Å². The molecule has 1 heterocycles. The third-order valence-electron chi connectivity index (χ3n) is 4.96. The van der Waals surface area contributed by atoms with Gasteiger partial charge in [0.15, 0.2) is 6.04 Å². The molecule has 0 saturated carbocycles. The Morgan fingerprint density at radius 1 is 1.11 bits per heavy atom. The zero-order chi connectivity index (χ0) is 19.4. The number of para-hydroxylation sites is 1. The van der Waals surface area contributed by atoms with E-state index in [2.05, 4.69) is 22.3 Å². The van der Waals surface area contributed by atoms with Gasteiger partial charge in [0.25, 0.3) is 5.91 Å². The standard InChI is InChI=1S/C19H24N4O3S/c1-15(19(24)21-16-6-5-9-18(14-16)27(20,25)26)22-10-12-23(13-11-22)17-7-3-2-4-8-17/h2-9,14-15H,10-13H2,1H3,(H,21,24)(H2,20,25,26)/p+1/t15-/m0/s1. The summed E-state index contributed by atoms with van der Waals surface area (Å²) >= 11 is 0. The lowest BCUT2D eigenvalue weighted by Crippen LogP contribution is -3.19. The van der Waals surface area contributed by atoms with E-state index in [0.29, 0.717) is 5.69 Å². The predicted molar refractivity (Wildman–Crippen MR) is 105 cm³/mol. The van der Waals surface area contributed by atoms with Gasteiger partial charge in [0.2, 0.25) is 10.0 Å². The highest BCUT2D eigenvalue weighted by Crippen LogP contribution is 2.15. The summed E-state index contributed by atoms with van der Waals surface area (Å²) in [5.41, 5.74) is 1.63. The van der Waals surface area contributed by atoms with Gasteiger partial charge in [-0.05, 0) is 37.3 Å². The van der Waals surface area contributed by atoms with E-state index in [1.807, 2.05) is 25.1 Å². The van der Waals surface area contributed by atoms with Gasteiger partial charge < -0.3 is 15.1 Å². The number of rotatable bonds is 5. The van der Waals surface area contributed by atoms with Crippen LogP contribution in [0.15, 0.2) is 59.5 Å². The molecule has 1 saturated heterocycles. The second-order valence-electron chi connectivity index (χ2n) is 6.76. The largest absolute Gasteiger partial charge is 0.360 e. The second-order valence-corrected chi connectivity index (χ2v) is 8.33. The maximum absolute atomic E-state index is 12.6. The Labute approximate surface area is 159 Å². The summed E-state index contributed by atoms with van der Waals surface area (Å²) in [6.45, 7) is 5.39. The van der Waals surface area contributed by atoms with Crippen molar-refractivity contribution in [3.05, 3.63) is 54.6 Å². The summed E-state index contributed by atoms with van der Waals surface area (Å²) in [6.07, 6.45) is 0. The molecule has 0 aliphatic carbocycles. The van der Waals surface area contributed by atoms with Crippen LogP contribution < -0.4 is 20.3 Å². The Balaban J connectivity index is 1.59. The number of quaternary nitrogens is 1. The van der Waals surface area contributed by atoms with Gasteiger partial charge in [-0.2, -0.15) is 0 Å². The molecule has 0 bridgehead atoms. The molecule has 144 valence electrons. The van der Waals surface area contributed by atoms with Gasteiger partial charge in [0, 0.05) is 11.4 Å². The van der Waals surface area contributed by atoms with Gasteiger partial charge in [0.1, 0.15) is 0 Å². The minimum absolute atomic E-state index is 0.0169. The summed E-state index contributed by atoms with van der Waals surface area (Å²) in [5, 5.41) is 7.95. The monoisotopic (exact) mass is 389 g/mol. The highest BCUT2D eigenvalue weighted by molar-refractivity contribution is 7.89. The van der Waals surface area contributed by atoms with E-state index < -0.39 is 10.0 Å². The summed E-state index contributed by atoms with van der Waals surface area (Å²) in [7, 11) is -3.80. The van der Waals surface area contributed by atoms with E-state index in [0.717, 1.165) is 26.2 Å². The molecule has 0 aromatic heterocycles. The first-order valence-electron chi connectivity index (χ1n) is 8.93. The number of nitrogens with one attached hydrogen (secondary N) is 2. The zero-order valence-corrected chi connectivity index (χ0v) is 16.1. The summed E-state index contributed by atoms with van der Waals surface area (Å²) in [6, 6.07) is 16.0. The molecular weight excluding hydrogens is 364 g/mol. The number of nitrogens with two attached hydrogens (primary N) is 1. The van der Waals surface area contributed by atoms with Crippen molar-refractivity contribution >= 4 is 27.3 Å². The quantitative estimate of drug-likeness (QED) is 0.674.